The van der Waals surface area contributed by atoms with E-state index in [2.05, 4.69) is 34.5 Å². The minimum Gasteiger partial charge on any atom is -0.284 e. The molecule has 1 fully saturated rings. The molecule has 1 unspecified atom stereocenters. The molecule has 4 rings (SSSR count). The number of rotatable bonds is 5. The van der Waals surface area contributed by atoms with Crippen LogP contribution in [0.5, 0.6) is 0 Å². The first-order valence-electron chi connectivity index (χ1n) is 9.37. The number of nitrogens with zero attached hydrogens (tertiary/aromatic N) is 3. The van der Waals surface area contributed by atoms with Crippen molar-refractivity contribution in [3.63, 3.8) is 0 Å². The molecule has 0 saturated carbocycles. The minimum atomic E-state index is -0.0966. The van der Waals surface area contributed by atoms with Crippen molar-refractivity contribution < 1.29 is 4.79 Å². The largest absolute Gasteiger partial charge is 0.284 e. The Bertz CT molecular complexity index is 1040. The summed E-state index contributed by atoms with van der Waals surface area (Å²) >= 11 is 1.50. The number of amidine groups is 1. The van der Waals surface area contributed by atoms with Gasteiger partial charge in [0, 0.05) is 0 Å². The summed E-state index contributed by atoms with van der Waals surface area (Å²) in [4.78, 5) is 14.7. The fraction of sp³-hybridized carbons (Fsp3) is 0.174. The topological polar surface area (TPSA) is 45.0 Å². The fourth-order valence-electron chi connectivity index (χ4n) is 3.28. The first-order chi connectivity index (χ1) is 13.8. The van der Waals surface area contributed by atoms with Crippen LogP contribution in [-0.4, -0.2) is 27.4 Å². The van der Waals surface area contributed by atoms with Gasteiger partial charge in [-0.3, -0.25) is 9.69 Å². The van der Waals surface area contributed by atoms with Crippen LogP contribution in [0.4, 0.5) is 0 Å². The molecule has 0 aliphatic carbocycles. The molecular weight excluding hydrogens is 366 g/mol. The predicted molar refractivity (Wildman–Crippen MR) is 118 cm³/mol. The molecule has 4 nitrogen and oxygen atoms in total. The van der Waals surface area contributed by atoms with Crippen LogP contribution < -0.4 is 0 Å². The van der Waals surface area contributed by atoms with E-state index in [0.29, 0.717) is 11.7 Å². The van der Waals surface area contributed by atoms with Gasteiger partial charge in [0.25, 0.3) is 0 Å². The van der Waals surface area contributed by atoms with Crippen molar-refractivity contribution in [2.75, 3.05) is 0 Å². The van der Waals surface area contributed by atoms with Gasteiger partial charge in [-0.1, -0.05) is 91.5 Å². The van der Waals surface area contributed by atoms with Crippen LogP contribution in [0.25, 0.3) is 10.8 Å². The molecule has 28 heavy (non-hydrogen) atoms. The summed E-state index contributed by atoms with van der Waals surface area (Å²) in [5.74, 6) is 0.106. The van der Waals surface area contributed by atoms with Crippen LogP contribution in [0.1, 0.15) is 24.5 Å². The van der Waals surface area contributed by atoms with E-state index >= 15 is 0 Å². The van der Waals surface area contributed by atoms with Crippen LogP contribution in [0.2, 0.25) is 0 Å². The summed E-state index contributed by atoms with van der Waals surface area (Å²) in [6.45, 7) is 2.53. The molecule has 0 bridgehead atoms. The second kappa shape index (κ2) is 8.40. The van der Waals surface area contributed by atoms with Crippen molar-refractivity contribution in [1.82, 2.24) is 4.90 Å². The van der Waals surface area contributed by atoms with Gasteiger partial charge in [-0.25, -0.2) is 0 Å². The van der Waals surface area contributed by atoms with Gasteiger partial charge in [0.05, 0.1) is 18.0 Å². The normalized spacial score (nSPS) is 18.6. The second-order valence-electron chi connectivity index (χ2n) is 6.62. The van der Waals surface area contributed by atoms with Gasteiger partial charge < -0.3 is 0 Å². The molecule has 1 heterocycles. The zero-order valence-electron chi connectivity index (χ0n) is 15.7. The number of amides is 1. The molecule has 1 amide bonds. The summed E-state index contributed by atoms with van der Waals surface area (Å²) in [5.41, 5.74) is 2.09. The Morgan fingerprint density at radius 1 is 1.00 bits per heavy atom. The van der Waals surface area contributed by atoms with Crippen molar-refractivity contribution in [3.05, 3.63) is 83.9 Å². The van der Waals surface area contributed by atoms with Crippen molar-refractivity contribution >= 4 is 39.8 Å². The van der Waals surface area contributed by atoms with Gasteiger partial charge in [-0.2, -0.15) is 5.10 Å². The molecule has 1 saturated heterocycles. The van der Waals surface area contributed by atoms with E-state index in [9.17, 15) is 4.79 Å². The van der Waals surface area contributed by atoms with E-state index in [4.69, 9.17) is 0 Å². The van der Waals surface area contributed by atoms with E-state index in [1.54, 1.807) is 11.1 Å². The highest BCUT2D eigenvalue weighted by Gasteiger charge is 2.37. The Morgan fingerprint density at radius 2 is 1.75 bits per heavy atom. The third-order valence-corrected chi connectivity index (χ3v) is 6.08. The molecule has 0 aromatic heterocycles. The van der Waals surface area contributed by atoms with E-state index < -0.39 is 0 Å². The Kier molecular flexibility index (Phi) is 5.53. The average Bonchev–Trinajstić information content (AvgIpc) is 3.04. The number of fused-ring (bicyclic) bond motifs is 1. The third kappa shape index (κ3) is 3.85. The maximum absolute atomic E-state index is 12.9. The maximum Gasteiger partial charge on any atom is 0.242 e. The van der Waals surface area contributed by atoms with Gasteiger partial charge in [-0.05, 0) is 28.3 Å². The number of hydrogen-bond acceptors (Lipinski definition) is 4. The Hall–Kier alpha value is -2.92. The summed E-state index contributed by atoms with van der Waals surface area (Å²) in [6.07, 6.45) is 2.49. The Morgan fingerprint density at radius 3 is 2.57 bits per heavy atom. The first-order valence-corrected chi connectivity index (χ1v) is 10.2. The maximum atomic E-state index is 12.9. The van der Waals surface area contributed by atoms with Crippen LogP contribution in [0.15, 0.2) is 83.0 Å². The Balaban J connectivity index is 1.63. The zero-order chi connectivity index (χ0) is 19.3. The van der Waals surface area contributed by atoms with Crippen LogP contribution in [0, 0.1) is 0 Å². The van der Waals surface area contributed by atoms with Crippen molar-refractivity contribution in [2.24, 2.45) is 10.2 Å². The highest BCUT2D eigenvalue weighted by atomic mass is 32.2. The second-order valence-corrected chi connectivity index (χ2v) is 7.79. The number of benzene rings is 3. The standard InChI is InChI=1S/C23H21N3OS/c1-2-21-22(27)26(16-19-13-8-12-18-11-6-7-14-20(18)19)23(28-21)25-24-15-17-9-4-3-5-10-17/h3-15,21H,2,16H2,1H3/b24-15+,25-23+. The SMILES string of the molecule is CCC1S/C(=N/N=C/c2ccccc2)N(Cc2cccc3ccccc23)C1=O. The molecule has 1 atom stereocenters. The average molecular weight is 388 g/mol. The smallest absolute Gasteiger partial charge is 0.242 e. The van der Waals surface area contributed by atoms with Gasteiger partial charge >= 0.3 is 0 Å². The molecule has 0 spiro atoms. The zero-order valence-corrected chi connectivity index (χ0v) is 16.5. The monoisotopic (exact) mass is 387 g/mol. The number of hydrogen-bond donors (Lipinski definition) is 0. The Labute approximate surface area is 169 Å². The first kappa shape index (κ1) is 18.4. The van der Waals surface area contributed by atoms with Gasteiger partial charge in [0.15, 0.2) is 5.17 Å². The van der Waals surface area contributed by atoms with Crippen molar-refractivity contribution in [2.45, 2.75) is 25.1 Å². The van der Waals surface area contributed by atoms with Crippen molar-refractivity contribution in [3.8, 4) is 0 Å². The van der Waals surface area contributed by atoms with E-state index in [1.807, 2.05) is 55.5 Å². The van der Waals surface area contributed by atoms with Crippen LogP contribution in [0.3, 0.4) is 0 Å². The van der Waals surface area contributed by atoms with E-state index in [-0.39, 0.29) is 11.2 Å². The van der Waals surface area contributed by atoms with Crippen molar-refractivity contribution in [1.29, 1.82) is 0 Å². The highest BCUT2D eigenvalue weighted by molar-refractivity contribution is 8.15. The lowest BCUT2D eigenvalue weighted by atomic mass is 10.0. The summed E-state index contributed by atoms with van der Waals surface area (Å²) in [6, 6.07) is 24.3. The molecule has 1 aliphatic rings. The number of carbonyl (C=O) groups is 1. The lowest BCUT2D eigenvalue weighted by Crippen LogP contribution is -2.31. The van der Waals surface area contributed by atoms with E-state index in [1.165, 1.54) is 17.1 Å². The van der Waals surface area contributed by atoms with Gasteiger partial charge in [-0.15, -0.1) is 5.10 Å². The van der Waals surface area contributed by atoms with Crippen LogP contribution in [-0.2, 0) is 11.3 Å². The molecule has 0 radical (unpaired) electrons. The quantitative estimate of drug-likeness (QED) is 0.452. The van der Waals surface area contributed by atoms with E-state index in [0.717, 1.165) is 22.9 Å². The number of carbonyl (C=O) groups excluding carboxylic acids is 1. The molecule has 5 heteroatoms. The summed E-state index contributed by atoms with van der Waals surface area (Å²) < 4.78 is 0. The summed E-state index contributed by atoms with van der Waals surface area (Å²) in [7, 11) is 0. The molecule has 0 N–H and O–H groups in total. The third-order valence-electron chi connectivity index (χ3n) is 4.75. The molecule has 3 aromatic rings. The molecular formula is C23H21N3OS. The fourth-order valence-corrected chi connectivity index (χ4v) is 4.30. The lowest BCUT2D eigenvalue weighted by Gasteiger charge is -2.17. The van der Waals surface area contributed by atoms with Gasteiger partial charge in [0.2, 0.25) is 5.91 Å². The number of thioether (sulfide) groups is 1. The molecule has 1 aliphatic heterocycles. The van der Waals surface area contributed by atoms with Gasteiger partial charge in [0.1, 0.15) is 0 Å². The molecule has 140 valence electrons. The predicted octanol–water partition coefficient (Wildman–Crippen LogP) is 5.08. The minimum absolute atomic E-state index is 0.0966. The van der Waals surface area contributed by atoms with Crippen LogP contribution >= 0.6 is 11.8 Å². The lowest BCUT2D eigenvalue weighted by molar-refractivity contribution is -0.126. The summed E-state index contributed by atoms with van der Waals surface area (Å²) in [5, 5.41) is 11.5. The molecule has 3 aromatic carbocycles. The highest BCUT2D eigenvalue weighted by Crippen LogP contribution is 2.32.